The van der Waals surface area contributed by atoms with Crippen LogP contribution in [0.3, 0.4) is 0 Å². The van der Waals surface area contributed by atoms with Crippen molar-refractivity contribution in [3.8, 4) is 11.5 Å². The Morgan fingerprint density at radius 2 is 2.00 bits per heavy atom. The molecule has 0 spiro atoms. The number of ether oxygens (including phenoxy) is 2. The summed E-state index contributed by atoms with van der Waals surface area (Å²) in [5.41, 5.74) is 1.15. The number of amides is 1. The van der Waals surface area contributed by atoms with Gasteiger partial charge in [0.05, 0.1) is 19.3 Å². The van der Waals surface area contributed by atoms with Crippen molar-refractivity contribution < 1.29 is 14.3 Å². The van der Waals surface area contributed by atoms with E-state index in [0.717, 1.165) is 10.2 Å². The molecule has 5 heteroatoms. The van der Waals surface area contributed by atoms with Crippen molar-refractivity contribution in [2.75, 3.05) is 19.0 Å². The second-order valence-electron chi connectivity index (χ2n) is 5.53. The number of carbonyl (C=O) groups excluding carboxylic acids is 1. The Bertz CT molecular complexity index is 686. The highest BCUT2D eigenvalue weighted by Crippen LogP contribution is 2.25. The van der Waals surface area contributed by atoms with Crippen LogP contribution in [0.1, 0.15) is 24.2 Å². The monoisotopic (exact) mass is 377 g/mol. The first-order valence-corrected chi connectivity index (χ1v) is 8.16. The fourth-order valence-electron chi connectivity index (χ4n) is 1.98. The van der Waals surface area contributed by atoms with Crippen LogP contribution in [0.25, 0.3) is 0 Å². The lowest BCUT2D eigenvalue weighted by Gasteiger charge is -2.12. The van der Waals surface area contributed by atoms with Gasteiger partial charge in [-0.3, -0.25) is 4.79 Å². The van der Waals surface area contributed by atoms with Crippen molar-refractivity contribution in [3.63, 3.8) is 0 Å². The molecule has 0 bridgehead atoms. The van der Waals surface area contributed by atoms with Gasteiger partial charge < -0.3 is 14.8 Å². The van der Waals surface area contributed by atoms with Crippen LogP contribution < -0.4 is 14.8 Å². The molecule has 0 aliphatic carbocycles. The van der Waals surface area contributed by atoms with Crippen molar-refractivity contribution in [1.29, 1.82) is 0 Å². The predicted octanol–water partition coefficient (Wildman–Crippen LogP) is 4.74. The van der Waals surface area contributed by atoms with E-state index < -0.39 is 0 Å². The molecular formula is C18H20BrNO3. The Labute approximate surface area is 144 Å². The maximum Gasteiger partial charge on any atom is 0.259 e. The molecule has 1 amide bonds. The number of halogens is 1. The van der Waals surface area contributed by atoms with Gasteiger partial charge in [0.2, 0.25) is 0 Å². The number of benzene rings is 2. The smallest absolute Gasteiger partial charge is 0.259 e. The Balaban J connectivity index is 2.14. The zero-order valence-electron chi connectivity index (χ0n) is 13.4. The maximum absolute atomic E-state index is 12.5. The fraction of sp³-hybridized carbons (Fsp3) is 0.278. The van der Waals surface area contributed by atoms with Crippen molar-refractivity contribution >= 4 is 27.5 Å². The fourth-order valence-corrected chi connectivity index (χ4v) is 2.34. The Hall–Kier alpha value is -2.01. The van der Waals surface area contributed by atoms with Crippen LogP contribution in [0.15, 0.2) is 46.9 Å². The van der Waals surface area contributed by atoms with E-state index in [1.165, 1.54) is 0 Å². The van der Waals surface area contributed by atoms with E-state index in [0.29, 0.717) is 29.5 Å². The topological polar surface area (TPSA) is 47.6 Å². The molecule has 0 radical (unpaired) electrons. The van der Waals surface area contributed by atoms with Gasteiger partial charge in [-0.05, 0) is 36.2 Å². The predicted molar refractivity (Wildman–Crippen MR) is 95.4 cm³/mol. The lowest BCUT2D eigenvalue weighted by Crippen LogP contribution is -2.13. The van der Waals surface area contributed by atoms with Crippen LogP contribution in [0, 0.1) is 5.92 Å². The lowest BCUT2D eigenvalue weighted by molar-refractivity contribution is 0.102. The minimum atomic E-state index is -0.232. The molecule has 2 aromatic carbocycles. The molecular weight excluding hydrogens is 358 g/mol. The number of anilines is 1. The average Bonchev–Trinajstić information content (AvgIpc) is 2.53. The number of nitrogens with one attached hydrogen (secondary N) is 1. The number of hydrogen-bond acceptors (Lipinski definition) is 3. The first-order valence-electron chi connectivity index (χ1n) is 7.37. The molecule has 1 N–H and O–H groups in total. The summed E-state index contributed by atoms with van der Waals surface area (Å²) in [5, 5.41) is 2.87. The van der Waals surface area contributed by atoms with E-state index in [9.17, 15) is 4.79 Å². The number of methoxy groups -OCH3 is 1. The largest absolute Gasteiger partial charge is 0.496 e. The first-order chi connectivity index (χ1) is 11.0. The Morgan fingerprint density at radius 1 is 1.22 bits per heavy atom. The number of carbonyl (C=O) groups is 1. The van der Waals surface area contributed by atoms with Gasteiger partial charge in [0.1, 0.15) is 11.5 Å². The van der Waals surface area contributed by atoms with Crippen molar-refractivity contribution in [1.82, 2.24) is 0 Å². The minimum absolute atomic E-state index is 0.232. The highest BCUT2D eigenvalue weighted by atomic mass is 79.9. The zero-order chi connectivity index (χ0) is 16.8. The summed E-state index contributed by atoms with van der Waals surface area (Å²) in [6.45, 7) is 4.81. The quantitative estimate of drug-likeness (QED) is 0.790. The summed E-state index contributed by atoms with van der Waals surface area (Å²) in [6, 6.07) is 12.7. The van der Waals surface area contributed by atoms with Gasteiger partial charge in [-0.25, -0.2) is 0 Å². The average molecular weight is 378 g/mol. The molecule has 0 aromatic heterocycles. The van der Waals surface area contributed by atoms with Crippen molar-refractivity contribution in [2.24, 2.45) is 5.92 Å². The molecule has 2 aromatic rings. The molecule has 0 aliphatic heterocycles. The number of rotatable bonds is 6. The van der Waals surface area contributed by atoms with Gasteiger partial charge in [-0.15, -0.1) is 0 Å². The molecule has 4 nitrogen and oxygen atoms in total. The summed E-state index contributed by atoms with van der Waals surface area (Å²) in [5.74, 6) is 1.47. The third-order valence-corrected chi connectivity index (χ3v) is 3.57. The van der Waals surface area contributed by atoms with E-state index in [1.807, 2.05) is 30.3 Å². The van der Waals surface area contributed by atoms with Crippen LogP contribution in [0.5, 0.6) is 11.5 Å². The molecule has 23 heavy (non-hydrogen) atoms. The second-order valence-corrected chi connectivity index (χ2v) is 6.45. The molecule has 122 valence electrons. The standard InChI is InChI=1S/C18H20BrNO3/c1-12(2)11-23-15-6-4-5-14(10-15)20-18(21)16-9-13(19)7-8-17(16)22-3/h4-10,12H,11H2,1-3H3,(H,20,21). The van der Waals surface area contributed by atoms with Gasteiger partial charge in [0.25, 0.3) is 5.91 Å². The summed E-state index contributed by atoms with van der Waals surface area (Å²) in [6.07, 6.45) is 0. The van der Waals surface area contributed by atoms with E-state index in [1.54, 1.807) is 19.2 Å². The highest BCUT2D eigenvalue weighted by Gasteiger charge is 2.13. The maximum atomic E-state index is 12.5. The third-order valence-electron chi connectivity index (χ3n) is 3.08. The molecule has 0 unspecified atom stereocenters. The summed E-state index contributed by atoms with van der Waals surface area (Å²) in [4.78, 5) is 12.5. The lowest BCUT2D eigenvalue weighted by atomic mass is 10.2. The van der Waals surface area contributed by atoms with Gasteiger partial charge >= 0.3 is 0 Å². The van der Waals surface area contributed by atoms with Crippen LogP contribution in [-0.2, 0) is 0 Å². The van der Waals surface area contributed by atoms with Crippen LogP contribution >= 0.6 is 15.9 Å². The molecule has 0 aliphatic rings. The van der Waals surface area contributed by atoms with Gasteiger partial charge in [-0.2, -0.15) is 0 Å². The van der Waals surface area contributed by atoms with Crippen LogP contribution in [0.2, 0.25) is 0 Å². The summed E-state index contributed by atoms with van der Waals surface area (Å²) in [7, 11) is 1.54. The van der Waals surface area contributed by atoms with Gasteiger partial charge in [0, 0.05) is 16.2 Å². The van der Waals surface area contributed by atoms with Crippen LogP contribution in [-0.4, -0.2) is 19.6 Å². The normalized spacial score (nSPS) is 10.5. The second kappa shape index (κ2) is 8.02. The van der Waals surface area contributed by atoms with Crippen LogP contribution in [0.4, 0.5) is 5.69 Å². The SMILES string of the molecule is COc1ccc(Br)cc1C(=O)Nc1cccc(OCC(C)C)c1. The Kier molecular flexibility index (Phi) is 6.04. The summed E-state index contributed by atoms with van der Waals surface area (Å²) >= 11 is 3.37. The summed E-state index contributed by atoms with van der Waals surface area (Å²) < 4.78 is 11.7. The van der Waals surface area contributed by atoms with Crippen molar-refractivity contribution in [3.05, 3.63) is 52.5 Å². The van der Waals surface area contributed by atoms with E-state index in [-0.39, 0.29) is 5.91 Å². The molecule has 0 saturated heterocycles. The Morgan fingerprint density at radius 3 is 2.70 bits per heavy atom. The molecule has 2 rings (SSSR count). The van der Waals surface area contributed by atoms with Gasteiger partial charge in [0.15, 0.2) is 0 Å². The molecule has 0 atom stereocenters. The number of hydrogen-bond donors (Lipinski definition) is 1. The van der Waals surface area contributed by atoms with Gasteiger partial charge in [-0.1, -0.05) is 35.8 Å². The van der Waals surface area contributed by atoms with E-state index in [4.69, 9.17) is 9.47 Å². The molecule has 0 saturated carbocycles. The van der Waals surface area contributed by atoms with E-state index in [2.05, 4.69) is 35.1 Å². The highest BCUT2D eigenvalue weighted by molar-refractivity contribution is 9.10. The zero-order valence-corrected chi connectivity index (χ0v) is 15.0. The van der Waals surface area contributed by atoms with Crippen molar-refractivity contribution in [2.45, 2.75) is 13.8 Å². The minimum Gasteiger partial charge on any atom is -0.496 e. The first kappa shape index (κ1) is 17.3. The third kappa shape index (κ3) is 4.99. The van der Waals surface area contributed by atoms with E-state index >= 15 is 0 Å². The molecule has 0 heterocycles. The molecule has 0 fully saturated rings.